The van der Waals surface area contributed by atoms with Gasteiger partial charge >= 0.3 is 6.03 Å². The minimum Gasteiger partial charge on any atom is -0.378 e. The summed E-state index contributed by atoms with van der Waals surface area (Å²) in [5.41, 5.74) is 5.07. The van der Waals surface area contributed by atoms with Gasteiger partial charge in [0.15, 0.2) is 0 Å². The number of urea groups is 1. The zero-order valence-electron chi connectivity index (χ0n) is 18.8. The van der Waals surface area contributed by atoms with E-state index in [4.69, 9.17) is 4.74 Å². The predicted molar refractivity (Wildman–Crippen MR) is 123 cm³/mol. The summed E-state index contributed by atoms with van der Waals surface area (Å²) in [4.78, 5) is 29.2. The lowest BCUT2D eigenvalue weighted by Gasteiger charge is -2.32. The van der Waals surface area contributed by atoms with Gasteiger partial charge in [-0.2, -0.15) is 0 Å². The van der Waals surface area contributed by atoms with E-state index in [9.17, 15) is 9.59 Å². The number of nitrogens with zero attached hydrogens (tertiary/aromatic N) is 2. The molecule has 0 aliphatic carbocycles. The second kappa shape index (κ2) is 10.4. The molecule has 2 aromatic rings. The van der Waals surface area contributed by atoms with Gasteiger partial charge in [-0.3, -0.25) is 15.0 Å². The number of anilines is 2. The molecule has 1 atom stereocenters. The van der Waals surface area contributed by atoms with Crippen molar-refractivity contribution < 1.29 is 14.3 Å². The average Bonchev–Trinajstić information content (AvgIpc) is 2.76. The van der Waals surface area contributed by atoms with Crippen molar-refractivity contribution in [3.8, 4) is 0 Å². The summed E-state index contributed by atoms with van der Waals surface area (Å²) in [6.45, 7) is 9.47. The Bertz CT molecular complexity index is 925. The number of ether oxygens (including phenoxy) is 1. The Labute approximate surface area is 184 Å². The number of carbonyl (C=O) groups excluding carboxylic acids is 2. The number of carbonyl (C=O) groups is 2. The zero-order valence-corrected chi connectivity index (χ0v) is 18.8. The molecule has 1 aliphatic heterocycles. The molecule has 2 N–H and O–H groups in total. The number of para-hydroxylation sites is 1. The topological polar surface area (TPSA) is 73.9 Å². The van der Waals surface area contributed by atoms with Crippen molar-refractivity contribution >= 4 is 23.3 Å². The number of hydrogen-bond donors (Lipinski definition) is 2. The third-order valence-electron chi connectivity index (χ3n) is 5.67. The number of imide groups is 1. The molecule has 1 heterocycles. The van der Waals surface area contributed by atoms with Crippen LogP contribution < -0.4 is 15.5 Å². The number of morpholine rings is 1. The number of rotatable bonds is 6. The molecule has 166 valence electrons. The number of hydrogen-bond acceptors (Lipinski definition) is 5. The summed E-state index contributed by atoms with van der Waals surface area (Å²) >= 11 is 0. The number of likely N-dealkylation sites (N-methyl/N-ethyl adjacent to an activating group) is 1. The summed E-state index contributed by atoms with van der Waals surface area (Å²) in [5, 5.41) is 5.21. The summed E-state index contributed by atoms with van der Waals surface area (Å²) in [7, 11) is 1.89. The van der Waals surface area contributed by atoms with E-state index in [0.29, 0.717) is 12.2 Å². The molecule has 0 unspecified atom stereocenters. The Balaban J connectivity index is 1.59. The Kier molecular flexibility index (Phi) is 7.65. The van der Waals surface area contributed by atoms with E-state index in [-0.39, 0.29) is 5.91 Å². The predicted octanol–water partition coefficient (Wildman–Crippen LogP) is 3.31. The van der Waals surface area contributed by atoms with Crippen LogP contribution >= 0.6 is 0 Å². The Morgan fingerprint density at radius 1 is 1.13 bits per heavy atom. The maximum absolute atomic E-state index is 12.7. The van der Waals surface area contributed by atoms with E-state index >= 15 is 0 Å². The molecule has 7 nitrogen and oxygen atoms in total. The molecule has 7 heteroatoms. The molecule has 31 heavy (non-hydrogen) atoms. The smallest absolute Gasteiger partial charge is 0.325 e. The van der Waals surface area contributed by atoms with Crippen molar-refractivity contribution in [3.05, 3.63) is 59.2 Å². The van der Waals surface area contributed by atoms with Crippen molar-refractivity contribution in [1.82, 2.24) is 10.2 Å². The molecule has 0 radical (unpaired) electrons. The summed E-state index contributed by atoms with van der Waals surface area (Å²) in [5.74, 6) is -0.339. The van der Waals surface area contributed by atoms with Crippen LogP contribution in [0.15, 0.2) is 42.5 Å². The molecule has 0 saturated carbocycles. The van der Waals surface area contributed by atoms with Gasteiger partial charge in [-0.1, -0.05) is 35.9 Å². The first-order chi connectivity index (χ1) is 14.8. The lowest BCUT2D eigenvalue weighted by atomic mass is 10.1. The van der Waals surface area contributed by atoms with Crippen LogP contribution in [0.5, 0.6) is 0 Å². The van der Waals surface area contributed by atoms with Gasteiger partial charge in [0.25, 0.3) is 0 Å². The maximum atomic E-state index is 12.7. The van der Waals surface area contributed by atoms with Gasteiger partial charge in [-0.25, -0.2) is 4.79 Å². The van der Waals surface area contributed by atoms with Crippen LogP contribution in [0.1, 0.15) is 23.6 Å². The highest BCUT2D eigenvalue weighted by molar-refractivity contribution is 6.03. The van der Waals surface area contributed by atoms with Crippen LogP contribution in [0.4, 0.5) is 16.2 Å². The average molecular weight is 425 g/mol. The van der Waals surface area contributed by atoms with E-state index in [1.54, 1.807) is 6.92 Å². The fourth-order valence-corrected chi connectivity index (χ4v) is 3.69. The van der Waals surface area contributed by atoms with Crippen molar-refractivity contribution in [2.24, 2.45) is 0 Å². The third-order valence-corrected chi connectivity index (χ3v) is 5.67. The van der Waals surface area contributed by atoms with Crippen LogP contribution in [-0.2, 0) is 16.1 Å². The number of amides is 3. The molecule has 0 bridgehead atoms. The molecular formula is C24H32N4O3. The van der Waals surface area contributed by atoms with E-state index in [0.717, 1.165) is 48.7 Å². The first kappa shape index (κ1) is 22.8. The molecule has 1 fully saturated rings. The molecule has 3 amide bonds. The van der Waals surface area contributed by atoms with Gasteiger partial charge < -0.3 is 15.0 Å². The highest BCUT2D eigenvalue weighted by Gasteiger charge is 2.22. The van der Waals surface area contributed by atoms with Gasteiger partial charge in [-0.15, -0.1) is 0 Å². The standard InChI is InChI=1S/C24H32N4O3/c1-17-9-10-21(18(2)15-17)25-24(30)26-23(29)19(3)27(4)16-20-7-5-6-8-22(20)28-11-13-31-14-12-28/h5-10,15,19H,11-14,16H2,1-4H3,(H2,25,26,29,30)/t19-/m0/s1. The van der Waals surface area contributed by atoms with Crippen LogP contribution in [-0.4, -0.2) is 56.2 Å². The van der Waals surface area contributed by atoms with Crippen LogP contribution in [0, 0.1) is 13.8 Å². The lowest BCUT2D eigenvalue weighted by Crippen LogP contribution is -2.46. The highest BCUT2D eigenvalue weighted by atomic mass is 16.5. The van der Waals surface area contributed by atoms with Gasteiger partial charge in [-0.05, 0) is 51.1 Å². The van der Waals surface area contributed by atoms with Crippen molar-refractivity contribution in [2.45, 2.75) is 33.4 Å². The van der Waals surface area contributed by atoms with Crippen molar-refractivity contribution in [2.75, 3.05) is 43.6 Å². The normalized spacial score (nSPS) is 14.9. The van der Waals surface area contributed by atoms with E-state index in [1.165, 1.54) is 0 Å². The van der Waals surface area contributed by atoms with E-state index in [2.05, 4.69) is 27.7 Å². The van der Waals surface area contributed by atoms with E-state index < -0.39 is 12.1 Å². The van der Waals surface area contributed by atoms with Crippen LogP contribution in [0.25, 0.3) is 0 Å². The van der Waals surface area contributed by atoms with Crippen LogP contribution in [0.3, 0.4) is 0 Å². The molecule has 2 aromatic carbocycles. The Hall–Kier alpha value is -2.90. The molecule has 3 rings (SSSR count). The quantitative estimate of drug-likeness (QED) is 0.744. The molecular weight excluding hydrogens is 392 g/mol. The SMILES string of the molecule is Cc1ccc(NC(=O)NC(=O)[C@H](C)N(C)Cc2ccccc2N2CCOCC2)c(C)c1. The second-order valence-electron chi connectivity index (χ2n) is 8.08. The third kappa shape index (κ3) is 6.06. The minimum atomic E-state index is -0.522. The van der Waals surface area contributed by atoms with Crippen LogP contribution in [0.2, 0.25) is 0 Å². The number of benzene rings is 2. The largest absolute Gasteiger partial charge is 0.378 e. The Morgan fingerprint density at radius 2 is 1.84 bits per heavy atom. The number of nitrogens with one attached hydrogen (secondary N) is 2. The fraction of sp³-hybridized carbons (Fsp3) is 0.417. The van der Waals surface area contributed by atoms with Gasteiger partial charge in [0.1, 0.15) is 0 Å². The van der Waals surface area contributed by atoms with Gasteiger partial charge in [0, 0.05) is 31.0 Å². The highest BCUT2D eigenvalue weighted by Crippen LogP contribution is 2.23. The monoisotopic (exact) mass is 424 g/mol. The fourth-order valence-electron chi connectivity index (χ4n) is 3.69. The molecule has 0 aromatic heterocycles. The summed E-state index contributed by atoms with van der Waals surface area (Å²) in [6, 6.07) is 13.0. The van der Waals surface area contributed by atoms with E-state index in [1.807, 2.05) is 56.1 Å². The second-order valence-corrected chi connectivity index (χ2v) is 8.08. The van der Waals surface area contributed by atoms with Gasteiger partial charge in [0.05, 0.1) is 19.3 Å². The zero-order chi connectivity index (χ0) is 22.4. The summed E-state index contributed by atoms with van der Waals surface area (Å²) in [6.07, 6.45) is 0. The number of aryl methyl sites for hydroxylation is 2. The molecule has 1 saturated heterocycles. The van der Waals surface area contributed by atoms with Gasteiger partial charge in [0.2, 0.25) is 5.91 Å². The minimum absolute atomic E-state index is 0.339. The molecule has 0 spiro atoms. The molecule has 1 aliphatic rings. The first-order valence-corrected chi connectivity index (χ1v) is 10.6. The first-order valence-electron chi connectivity index (χ1n) is 10.6. The maximum Gasteiger partial charge on any atom is 0.325 e. The summed E-state index contributed by atoms with van der Waals surface area (Å²) < 4.78 is 5.46. The lowest BCUT2D eigenvalue weighted by molar-refractivity contribution is -0.124. The van der Waals surface area contributed by atoms with Crippen molar-refractivity contribution in [3.63, 3.8) is 0 Å². The van der Waals surface area contributed by atoms with Crippen molar-refractivity contribution in [1.29, 1.82) is 0 Å². The Morgan fingerprint density at radius 3 is 2.55 bits per heavy atom.